The monoisotopic (exact) mass is 417 g/mol. The smallest absolute Gasteiger partial charge is 1.00 e. The van der Waals surface area contributed by atoms with Crippen LogP contribution in [0, 0.1) is 34.6 Å². The minimum absolute atomic E-state index is 0. The molecule has 0 bridgehead atoms. The van der Waals surface area contributed by atoms with E-state index in [0.717, 1.165) is 12.0 Å². The Kier molecular flexibility index (Phi) is 10.6. The number of aromatic hydroxyl groups is 1. The molecule has 1 heterocycles. The van der Waals surface area contributed by atoms with Gasteiger partial charge in [0.1, 0.15) is 5.60 Å². The van der Waals surface area contributed by atoms with E-state index in [1.165, 1.54) is 27.8 Å². The molecule has 1 aliphatic heterocycles. The van der Waals surface area contributed by atoms with Gasteiger partial charge in [-0.2, -0.15) is 27.8 Å². The molecule has 137 valence electrons. The SMILES string of the molecule is CC1(C)Cc2cccc(O)c2O1.Cc1c(C)c(C)[c-](C)c1C.[Cl-].[Cl-].[Ti+3]. The van der Waals surface area contributed by atoms with E-state index in [-0.39, 0.29) is 57.9 Å². The summed E-state index contributed by atoms with van der Waals surface area (Å²) in [4.78, 5) is 0. The van der Waals surface area contributed by atoms with Crippen LogP contribution in [0.5, 0.6) is 11.5 Å². The molecule has 25 heavy (non-hydrogen) atoms. The van der Waals surface area contributed by atoms with E-state index in [1.54, 1.807) is 6.07 Å². The maximum absolute atomic E-state index is 9.44. The van der Waals surface area contributed by atoms with Crippen LogP contribution in [-0.4, -0.2) is 10.7 Å². The number of hydrogen-bond acceptors (Lipinski definition) is 2. The molecule has 1 N–H and O–H groups in total. The fraction of sp³-hybridized carbons (Fsp3) is 0.450. The molecule has 2 nitrogen and oxygen atoms in total. The summed E-state index contributed by atoms with van der Waals surface area (Å²) >= 11 is 0. The van der Waals surface area contributed by atoms with E-state index < -0.39 is 0 Å². The Morgan fingerprint density at radius 2 is 1.48 bits per heavy atom. The molecule has 0 saturated heterocycles. The molecule has 0 saturated carbocycles. The number of ether oxygens (including phenoxy) is 1. The van der Waals surface area contributed by atoms with Crippen molar-refractivity contribution in [3.05, 3.63) is 51.6 Å². The second-order valence-electron chi connectivity index (χ2n) is 6.93. The first-order valence-corrected chi connectivity index (χ1v) is 7.83. The van der Waals surface area contributed by atoms with E-state index in [0.29, 0.717) is 5.75 Å². The van der Waals surface area contributed by atoms with E-state index in [9.17, 15) is 5.11 Å². The fourth-order valence-corrected chi connectivity index (χ4v) is 3.01. The Balaban J connectivity index is 0. The van der Waals surface area contributed by atoms with Crippen LogP contribution in [0.2, 0.25) is 0 Å². The predicted molar refractivity (Wildman–Crippen MR) is 92.2 cm³/mol. The zero-order valence-electron chi connectivity index (χ0n) is 16.1. The molecular weight excluding hydrogens is 391 g/mol. The quantitative estimate of drug-likeness (QED) is 0.442. The third-order valence-corrected chi connectivity index (χ3v) is 4.88. The number of para-hydroxylation sites is 1. The first-order chi connectivity index (χ1) is 10.1. The van der Waals surface area contributed by atoms with Gasteiger partial charge in [-0.1, -0.05) is 46.8 Å². The molecule has 0 spiro atoms. The number of rotatable bonds is 0. The zero-order valence-corrected chi connectivity index (χ0v) is 19.1. The van der Waals surface area contributed by atoms with Gasteiger partial charge in [-0.05, 0) is 19.9 Å². The number of benzene rings is 1. The average Bonchev–Trinajstić information content (AvgIpc) is 2.86. The predicted octanol–water partition coefficient (Wildman–Crippen LogP) is -0.941. The maximum atomic E-state index is 9.44. The molecule has 1 radical (unpaired) electrons. The number of phenolic OH excluding ortho intramolecular Hbond substituents is 1. The van der Waals surface area contributed by atoms with Gasteiger partial charge in [0.05, 0.1) is 0 Å². The van der Waals surface area contributed by atoms with Gasteiger partial charge in [-0.3, -0.25) is 0 Å². The molecule has 0 atom stereocenters. The summed E-state index contributed by atoms with van der Waals surface area (Å²) < 4.78 is 5.58. The molecule has 5 heteroatoms. The van der Waals surface area contributed by atoms with Crippen LogP contribution >= 0.6 is 0 Å². The van der Waals surface area contributed by atoms with E-state index in [1.807, 2.05) is 26.0 Å². The van der Waals surface area contributed by atoms with Crippen molar-refractivity contribution in [2.75, 3.05) is 0 Å². The second-order valence-corrected chi connectivity index (χ2v) is 6.93. The van der Waals surface area contributed by atoms with Crippen LogP contribution in [-0.2, 0) is 28.1 Å². The van der Waals surface area contributed by atoms with Gasteiger partial charge in [0.25, 0.3) is 0 Å². The van der Waals surface area contributed by atoms with Crippen molar-refractivity contribution < 1.29 is 56.4 Å². The molecule has 2 aromatic rings. The van der Waals surface area contributed by atoms with E-state index >= 15 is 0 Å². The summed E-state index contributed by atoms with van der Waals surface area (Å²) in [7, 11) is 0. The number of fused-ring (bicyclic) bond motifs is 1. The third-order valence-electron chi connectivity index (χ3n) is 4.88. The summed E-state index contributed by atoms with van der Waals surface area (Å²) in [5.74, 6) is 0.903. The molecule has 1 aliphatic rings. The van der Waals surface area contributed by atoms with Crippen LogP contribution in [0.15, 0.2) is 18.2 Å². The van der Waals surface area contributed by atoms with Crippen molar-refractivity contribution >= 4 is 0 Å². The standard InChI is InChI=1S/C10H12O2.C10H15.2ClH.Ti/c1-10(2)6-7-4-3-5-8(11)9(7)12-10;1-6-7(2)9(4)10(5)8(6)3;;;/h3-5,11H,6H2,1-2H3;1-5H3;2*1H;/q;-1;;;+3/p-2. The molecule has 0 amide bonds. The summed E-state index contributed by atoms with van der Waals surface area (Å²) in [6, 6.07) is 5.49. The zero-order chi connectivity index (χ0) is 16.7. The van der Waals surface area contributed by atoms with Crippen LogP contribution in [0.4, 0.5) is 0 Å². The molecular formula is C20H27Cl2O2Ti. The van der Waals surface area contributed by atoms with Crippen LogP contribution < -0.4 is 29.6 Å². The molecule has 3 rings (SSSR count). The molecule has 2 aromatic carbocycles. The normalized spacial score (nSPS) is 13.1. The maximum Gasteiger partial charge on any atom is 3.00 e. The molecule has 0 unspecified atom stereocenters. The Bertz CT molecular complexity index is 626. The van der Waals surface area contributed by atoms with Gasteiger partial charge in [0.15, 0.2) is 11.5 Å². The van der Waals surface area contributed by atoms with Crippen LogP contribution in [0.3, 0.4) is 0 Å². The first kappa shape index (κ1) is 26.7. The van der Waals surface area contributed by atoms with E-state index in [4.69, 9.17) is 4.74 Å². The van der Waals surface area contributed by atoms with Gasteiger partial charge >= 0.3 is 21.7 Å². The van der Waals surface area contributed by atoms with Crippen LogP contribution in [0.25, 0.3) is 0 Å². The molecule has 0 aromatic heterocycles. The van der Waals surface area contributed by atoms with Crippen molar-refractivity contribution in [2.45, 2.75) is 60.5 Å². The summed E-state index contributed by atoms with van der Waals surface area (Å²) in [5, 5.41) is 9.44. The summed E-state index contributed by atoms with van der Waals surface area (Å²) in [5.41, 5.74) is 8.27. The molecule has 0 aliphatic carbocycles. The van der Waals surface area contributed by atoms with Gasteiger partial charge in [-0.25, -0.2) is 0 Å². The Morgan fingerprint density at radius 3 is 1.84 bits per heavy atom. The van der Waals surface area contributed by atoms with Gasteiger partial charge in [0.2, 0.25) is 0 Å². The van der Waals surface area contributed by atoms with Gasteiger partial charge in [0, 0.05) is 12.0 Å². The van der Waals surface area contributed by atoms with Crippen molar-refractivity contribution in [3.8, 4) is 11.5 Å². The summed E-state index contributed by atoms with van der Waals surface area (Å²) in [6.07, 6.45) is 0.872. The topological polar surface area (TPSA) is 29.5 Å². The molecule has 0 fully saturated rings. The van der Waals surface area contributed by atoms with E-state index in [2.05, 4.69) is 34.6 Å². The van der Waals surface area contributed by atoms with Crippen molar-refractivity contribution in [2.24, 2.45) is 0 Å². The average molecular weight is 418 g/mol. The number of hydrogen-bond donors (Lipinski definition) is 1. The number of phenols is 1. The van der Waals surface area contributed by atoms with Crippen molar-refractivity contribution in [1.29, 1.82) is 0 Å². The van der Waals surface area contributed by atoms with Gasteiger partial charge < -0.3 is 34.7 Å². The fourth-order valence-electron chi connectivity index (χ4n) is 3.01. The summed E-state index contributed by atoms with van der Waals surface area (Å²) in [6.45, 7) is 15.0. The Morgan fingerprint density at radius 1 is 1.00 bits per heavy atom. The Labute approximate surface area is 179 Å². The van der Waals surface area contributed by atoms with Crippen molar-refractivity contribution in [1.82, 2.24) is 0 Å². The van der Waals surface area contributed by atoms with Crippen molar-refractivity contribution in [3.63, 3.8) is 0 Å². The minimum Gasteiger partial charge on any atom is -1.00 e. The third kappa shape index (κ3) is 5.72. The number of halogens is 2. The minimum atomic E-state index is -0.166. The second kappa shape index (κ2) is 9.97. The van der Waals surface area contributed by atoms with Gasteiger partial charge in [-0.15, -0.1) is 0 Å². The van der Waals surface area contributed by atoms with Crippen LogP contribution in [0.1, 0.15) is 47.2 Å². The Hall–Kier alpha value is -0.536. The first-order valence-electron chi connectivity index (χ1n) is 7.83. The largest absolute Gasteiger partial charge is 3.00 e.